The Bertz CT molecular complexity index is 762. The number of nitrogens with two attached hydrogens (primary N) is 1. The van der Waals surface area contributed by atoms with Crippen LogP contribution in [0.2, 0.25) is 0 Å². The second-order valence-corrected chi connectivity index (χ2v) is 5.40. The van der Waals surface area contributed by atoms with E-state index in [0.717, 1.165) is 12.3 Å². The van der Waals surface area contributed by atoms with Crippen molar-refractivity contribution in [2.24, 2.45) is 5.73 Å². The molecule has 3 N–H and O–H groups in total. The van der Waals surface area contributed by atoms with Gasteiger partial charge < -0.3 is 5.73 Å². The molecule has 0 saturated carbocycles. The zero-order valence-corrected chi connectivity index (χ0v) is 10.9. The van der Waals surface area contributed by atoms with Gasteiger partial charge in [0.05, 0.1) is 11.3 Å². The highest BCUT2D eigenvalue weighted by Gasteiger charge is 2.22. The Kier molecular flexibility index (Phi) is 3.66. The third-order valence-electron chi connectivity index (χ3n) is 2.42. The maximum absolute atomic E-state index is 13.5. The number of carbonyl (C=O) groups is 1. The van der Waals surface area contributed by atoms with Crippen LogP contribution in [0.25, 0.3) is 0 Å². The van der Waals surface area contributed by atoms with Gasteiger partial charge in [-0.1, -0.05) is 12.1 Å². The lowest BCUT2D eigenvalue weighted by molar-refractivity contribution is 0.100. The lowest BCUT2D eigenvalue weighted by Crippen LogP contribution is -2.20. The number of nitrogens with one attached hydrogen (secondary N) is 1. The van der Waals surface area contributed by atoms with Crippen LogP contribution >= 0.6 is 0 Å². The van der Waals surface area contributed by atoms with Gasteiger partial charge in [-0.2, -0.15) is 8.42 Å². The number of para-hydroxylation sites is 1. The molecular formula is C12H10FN3O3S. The van der Waals surface area contributed by atoms with E-state index in [9.17, 15) is 17.6 Å². The van der Waals surface area contributed by atoms with Crippen molar-refractivity contribution in [2.75, 3.05) is 4.72 Å². The van der Waals surface area contributed by atoms with Crippen LogP contribution in [0.15, 0.2) is 47.6 Å². The van der Waals surface area contributed by atoms with Crippen LogP contribution in [-0.2, 0) is 10.0 Å². The molecule has 1 amide bonds. The van der Waals surface area contributed by atoms with E-state index >= 15 is 0 Å². The van der Waals surface area contributed by atoms with Crippen LogP contribution < -0.4 is 10.5 Å². The predicted octanol–water partition coefficient (Wildman–Crippen LogP) is 1.12. The van der Waals surface area contributed by atoms with E-state index in [-0.39, 0.29) is 11.3 Å². The molecule has 2 aromatic rings. The van der Waals surface area contributed by atoms with Gasteiger partial charge in [-0.05, 0) is 24.3 Å². The van der Waals surface area contributed by atoms with Gasteiger partial charge in [0, 0.05) is 6.20 Å². The Morgan fingerprint density at radius 2 is 1.90 bits per heavy atom. The van der Waals surface area contributed by atoms with Gasteiger partial charge in [0.1, 0.15) is 0 Å². The molecule has 104 valence electrons. The van der Waals surface area contributed by atoms with Gasteiger partial charge in [0.2, 0.25) is 5.03 Å². The van der Waals surface area contributed by atoms with Crippen LogP contribution in [0.3, 0.4) is 0 Å². The Labute approximate surface area is 114 Å². The standard InChI is InChI=1S/C12H10FN3O3S/c13-9-5-3-7-15-12(9)20(18,19)16-10-6-2-1-4-8(10)11(14)17/h1-7,16H,(H2,14,17). The largest absolute Gasteiger partial charge is 0.366 e. The van der Waals surface area contributed by atoms with E-state index in [0.29, 0.717) is 0 Å². The molecule has 0 aliphatic carbocycles. The Morgan fingerprint density at radius 3 is 2.55 bits per heavy atom. The Balaban J connectivity index is 2.45. The summed E-state index contributed by atoms with van der Waals surface area (Å²) in [4.78, 5) is 14.7. The monoisotopic (exact) mass is 295 g/mol. The minimum absolute atomic E-state index is 0.0209. The molecule has 0 fully saturated rings. The summed E-state index contributed by atoms with van der Waals surface area (Å²) in [7, 11) is -4.24. The number of primary amides is 1. The van der Waals surface area contributed by atoms with Crippen LogP contribution in [0.5, 0.6) is 0 Å². The molecule has 0 aliphatic rings. The summed E-state index contributed by atoms with van der Waals surface area (Å²) in [5.74, 6) is -1.79. The van der Waals surface area contributed by atoms with Gasteiger partial charge in [0.25, 0.3) is 15.9 Å². The lowest BCUT2D eigenvalue weighted by atomic mass is 10.2. The van der Waals surface area contributed by atoms with Crippen molar-refractivity contribution in [1.82, 2.24) is 4.98 Å². The Morgan fingerprint density at radius 1 is 1.20 bits per heavy atom. The van der Waals surface area contributed by atoms with E-state index in [1.807, 2.05) is 0 Å². The normalized spacial score (nSPS) is 11.1. The molecule has 0 spiro atoms. The summed E-state index contributed by atoms with van der Waals surface area (Å²) in [6.07, 6.45) is 1.15. The van der Waals surface area contributed by atoms with Crippen molar-refractivity contribution >= 4 is 21.6 Å². The van der Waals surface area contributed by atoms with Crippen molar-refractivity contribution in [3.05, 3.63) is 54.0 Å². The maximum atomic E-state index is 13.5. The topological polar surface area (TPSA) is 102 Å². The van der Waals surface area contributed by atoms with Crippen LogP contribution in [0.1, 0.15) is 10.4 Å². The summed E-state index contributed by atoms with van der Waals surface area (Å²) in [6, 6.07) is 7.99. The van der Waals surface area contributed by atoms with Crippen molar-refractivity contribution < 1.29 is 17.6 Å². The molecule has 0 unspecified atom stereocenters. The molecule has 1 aromatic carbocycles. The number of halogens is 1. The van der Waals surface area contributed by atoms with Crippen molar-refractivity contribution in [3.63, 3.8) is 0 Å². The number of benzene rings is 1. The fourth-order valence-electron chi connectivity index (χ4n) is 1.55. The number of anilines is 1. The molecule has 0 atom stereocenters. The first-order chi connectivity index (χ1) is 9.42. The molecule has 0 radical (unpaired) electrons. The molecule has 20 heavy (non-hydrogen) atoms. The van der Waals surface area contributed by atoms with Crippen molar-refractivity contribution in [1.29, 1.82) is 0 Å². The summed E-state index contributed by atoms with van der Waals surface area (Å²) in [5.41, 5.74) is 5.08. The van der Waals surface area contributed by atoms with Crippen LogP contribution in [0, 0.1) is 5.82 Å². The second kappa shape index (κ2) is 5.25. The van der Waals surface area contributed by atoms with Gasteiger partial charge in [-0.25, -0.2) is 9.37 Å². The third-order valence-corrected chi connectivity index (χ3v) is 3.71. The molecule has 0 bridgehead atoms. The average Bonchev–Trinajstić information content (AvgIpc) is 2.39. The first kappa shape index (κ1) is 13.9. The minimum Gasteiger partial charge on any atom is -0.366 e. The van der Waals surface area contributed by atoms with Gasteiger partial charge in [0.15, 0.2) is 5.82 Å². The van der Waals surface area contributed by atoms with Gasteiger partial charge >= 0.3 is 0 Å². The fraction of sp³-hybridized carbons (Fsp3) is 0. The number of carbonyl (C=O) groups excluding carboxylic acids is 1. The molecular weight excluding hydrogens is 285 g/mol. The van der Waals surface area contributed by atoms with E-state index in [2.05, 4.69) is 9.71 Å². The quantitative estimate of drug-likeness (QED) is 0.882. The number of aromatic nitrogens is 1. The Hall–Kier alpha value is -2.48. The number of rotatable bonds is 4. The summed E-state index contributed by atoms with van der Waals surface area (Å²) < 4.78 is 39.6. The molecule has 0 saturated heterocycles. The van der Waals surface area contributed by atoms with Crippen LogP contribution in [-0.4, -0.2) is 19.3 Å². The average molecular weight is 295 g/mol. The molecule has 1 heterocycles. The zero-order valence-electron chi connectivity index (χ0n) is 10.1. The smallest absolute Gasteiger partial charge is 0.282 e. The third kappa shape index (κ3) is 2.75. The van der Waals surface area contributed by atoms with E-state index in [1.165, 1.54) is 30.3 Å². The fourth-order valence-corrected chi connectivity index (χ4v) is 2.64. The SMILES string of the molecule is NC(=O)c1ccccc1NS(=O)(=O)c1ncccc1F. The van der Waals surface area contributed by atoms with Crippen LogP contribution in [0.4, 0.5) is 10.1 Å². The molecule has 6 nitrogen and oxygen atoms in total. The summed E-state index contributed by atoms with van der Waals surface area (Å²) in [6.45, 7) is 0. The highest BCUT2D eigenvalue weighted by molar-refractivity contribution is 7.92. The lowest BCUT2D eigenvalue weighted by Gasteiger charge is -2.10. The number of nitrogens with zero attached hydrogens (tertiary/aromatic N) is 1. The van der Waals surface area contributed by atoms with Gasteiger partial charge in [-0.3, -0.25) is 9.52 Å². The second-order valence-electron chi connectivity index (χ2n) is 3.81. The predicted molar refractivity (Wildman–Crippen MR) is 70.0 cm³/mol. The minimum atomic E-state index is -4.24. The molecule has 8 heteroatoms. The first-order valence-electron chi connectivity index (χ1n) is 5.44. The number of sulfonamides is 1. The number of hydrogen-bond acceptors (Lipinski definition) is 4. The highest BCUT2D eigenvalue weighted by Crippen LogP contribution is 2.19. The van der Waals surface area contributed by atoms with E-state index < -0.39 is 26.8 Å². The van der Waals surface area contributed by atoms with Crippen molar-refractivity contribution in [2.45, 2.75) is 5.03 Å². The first-order valence-corrected chi connectivity index (χ1v) is 6.92. The van der Waals surface area contributed by atoms with Gasteiger partial charge in [-0.15, -0.1) is 0 Å². The maximum Gasteiger partial charge on any atom is 0.282 e. The van der Waals surface area contributed by atoms with E-state index in [4.69, 9.17) is 5.73 Å². The number of amides is 1. The number of pyridine rings is 1. The summed E-state index contributed by atoms with van der Waals surface area (Å²) >= 11 is 0. The molecule has 1 aromatic heterocycles. The molecule has 0 aliphatic heterocycles. The van der Waals surface area contributed by atoms with Crippen molar-refractivity contribution in [3.8, 4) is 0 Å². The number of hydrogen-bond donors (Lipinski definition) is 2. The van der Waals surface area contributed by atoms with E-state index in [1.54, 1.807) is 0 Å². The highest BCUT2D eigenvalue weighted by atomic mass is 32.2. The summed E-state index contributed by atoms with van der Waals surface area (Å²) in [5, 5.41) is -0.751. The molecule has 2 rings (SSSR count). The zero-order chi connectivity index (χ0) is 14.8.